The zero-order valence-corrected chi connectivity index (χ0v) is 20.6. The maximum absolute atomic E-state index is 14.6. The minimum atomic E-state index is -1.75. The van der Waals surface area contributed by atoms with Crippen LogP contribution in [0.15, 0.2) is 78.9 Å². The smallest absolute Gasteiger partial charge is 0.180 e. The average molecular weight is 535 g/mol. The maximum atomic E-state index is 14.6. The van der Waals surface area contributed by atoms with E-state index in [2.05, 4.69) is 0 Å². The van der Waals surface area contributed by atoms with Crippen LogP contribution in [0.2, 0.25) is 0 Å². The van der Waals surface area contributed by atoms with Gasteiger partial charge < -0.3 is 11.1 Å². The number of halogens is 4. The lowest BCUT2D eigenvalue weighted by atomic mass is 9.80. The summed E-state index contributed by atoms with van der Waals surface area (Å²) in [6, 6.07) is 23.0. The molecule has 1 aliphatic rings. The van der Waals surface area contributed by atoms with Crippen LogP contribution in [0.5, 0.6) is 0 Å². The number of benzene rings is 4. The second-order valence-corrected chi connectivity index (χ2v) is 9.32. The Morgan fingerprint density at radius 1 is 0.725 bits per heavy atom. The van der Waals surface area contributed by atoms with Crippen molar-refractivity contribution in [2.75, 3.05) is 0 Å². The number of nitrogens with zero attached hydrogens (tertiary/aromatic N) is 2. The number of para-hydroxylation sites is 1. The lowest BCUT2D eigenvalue weighted by Crippen LogP contribution is -2.35. The summed E-state index contributed by atoms with van der Waals surface area (Å²) < 4.78 is 57.7. The van der Waals surface area contributed by atoms with Crippen LogP contribution in [0.3, 0.4) is 0 Å². The van der Waals surface area contributed by atoms with Gasteiger partial charge >= 0.3 is 0 Å². The minimum Gasteiger partial charge on any atom is -0.319 e. The van der Waals surface area contributed by atoms with Gasteiger partial charge in [0.25, 0.3) is 0 Å². The van der Waals surface area contributed by atoms with E-state index in [9.17, 15) is 17.6 Å². The molecule has 0 saturated carbocycles. The summed E-state index contributed by atoms with van der Waals surface area (Å²) in [5.74, 6) is -6.82. The van der Waals surface area contributed by atoms with Crippen molar-refractivity contribution in [1.82, 2.24) is 4.98 Å². The molecular formula is C32H18F4N4. The van der Waals surface area contributed by atoms with Crippen molar-refractivity contribution in [3.8, 4) is 28.5 Å². The molecule has 40 heavy (non-hydrogen) atoms. The number of hydrogen-bond donors (Lipinski definition) is 2. The first-order valence-corrected chi connectivity index (χ1v) is 12.2. The number of fused-ring (bicyclic) bond motifs is 3. The van der Waals surface area contributed by atoms with Gasteiger partial charge in [0, 0.05) is 22.1 Å². The Balaban J connectivity index is 1.52. The van der Waals surface area contributed by atoms with Gasteiger partial charge in [-0.2, -0.15) is 5.26 Å². The second-order valence-electron chi connectivity index (χ2n) is 9.32. The molecule has 8 heteroatoms. The van der Waals surface area contributed by atoms with Crippen molar-refractivity contribution < 1.29 is 17.6 Å². The van der Waals surface area contributed by atoms with Crippen molar-refractivity contribution >= 4 is 28.3 Å². The second kappa shape index (κ2) is 9.56. The first-order valence-electron chi connectivity index (χ1n) is 12.2. The van der Waals surface area contributed by atoms with Crippen molar-refractivity contribution in [3.05, 3.63) is 124 Å². The molecule has 0 saturated heterocycles. The molecule has 1 atom stereocenters. The molecule has 3 N–H and O–H groups in total. The molecule has 0 spiro atoms. The van der Waals surface area contributed by atoms with Crippen LogP contribution in [-0.4, -0.2) is 16.7 Å². The van der Waals surface area contributed by atoms with Gasteiger partial charge in [-0.3, -0.25) is 0 Å². The zero-order chi connectivity index (χ0) is 28.1. The molecule has 0 radical (unpaired) electrons. The molecule has 1 aliphatic carbocycles. The molecule has 0 aliphatic heterocycles. The van der Waals surface area contributed by atoms with Gasteiger partial charge in [-0.1, -0.05) is 72.8 Å². The van der Waals surface area contributed by atoms with E-state index in [0.29, 0.717) is 28.0 Å². The third kappa shape index (κ3) is 3.79. The SMILES string of the molecule is N#Cc1c(F)c(F)c(-c2ccc(C3=Cc4c(-c5ccccc5)nc5ccccc5c4C(=N)C3N)cc2)c(F)c1F. The first kappa shape index (κ1) is 25.2. The lowest BCUT2D eigenvalue weighted by molar-refractivity contribution is 0.454. The topological polar surface area (TPSA) is 86.5 Å². The highest BCUT2D eigenvalue weighted by molar-refractivity contribution is 6.23. The third-order valence-corrected chi connectivity index (χ3v) is 7.07. The van der Waals surface area contributed by atoms with Crippen molar-refractivity contribution in [3.63, 3.8) is 0 Å². The van der Waals surface area contributed by atoms with Gasteiger partial charge in [0.05, 0.1) is 28.5 Å². The fourth-order valence-corrected chi connectivity index (χ4v) is 5.11. The maximum Gasteiger partial charge on any atom is 0.180 e. The molecule has 1 unspecified atom stereocenters. The van der Waals surface area contributed by atoms with E-state index in [4.69, 9.17) is 21.4 Å². The van der Waals surface area contributed by atoms with E-state index < -0.39 is 40.4 Å². The van der Waals surface area contributed by atoms with Gasteiger partial charge in [-0.15, -0.1) is 0 Å². The van der Waals surface area contributed by atoms with Crippen LogP contribution >= 0.6 is 0 Å². The van der Waals surface area contributed by atoms with Crippen molar-refractivity contribution in [1.29, 1.82) is 10.7 Å². The minimum absolute atomic E-state index is 0.126. The highest BCUT2D eigenvalue weighted by atomic mass is 19.2. The van der Waals surface area contributed by atoms with Gasteiger partial charge in [0.15, 0.2) is 23.3 Å². The van der Waals surface area contributed by atoms with Crippen LogP contribution in [0.4, 0.5) is 17.6 Å². The normalized spacial score (nSPS) is 14.6. The number of hydrogen-bond acceptors (Lipinski definition) is 4. The molecule has 5 aromatic rings. The van der Waals surface area contributed by atoms with Crippen LogP contribution < -0.4 is 5.73 Å². The summed E-state index contributed by atoms with van der Waals surface area (Å²) in [4.78, 5) is 4.89. The monoisotopic (exact) mass is 534 g/mol. The van der Waals surface area contributed by atoms with E-state index in [1.165, 1.54) is 24.3 Å². The molecule has 194 valence electrons. The van der Waals surface area contributed by atoms with Crippen LogP contribution in [0.25, 0.3) is 44.9 Å². The van der Waals surface area contributed by atoms with E-state index in [0.717, 1.165) is 22.5 Å². The molecule has 1 aromatic heterocycles. The molecule has 4 aromatic carbocycles. The van der Waals surface area contributed by atoms with Gasteiger partial charge in [0.1, 0.15) is 11.6 Å². The Labute approximate surface area is 226 Å². The predicted octanol–water partition coefficient (Wildman–Crippen LogP) is 7.25. The number of pyridine rings is 1. The van der Waals surface area contributed by atoms with Crippen molar-refractivity contribution in [2.24, 2.45) is 5.73 Å². The van der Waals surface area contributed by atoms with Gasteiger partial charge in [-0.25, -0.2) is 22.5 Å². The molecule has 0 amide bonds. The summed E-state index contributed by atoms with van der Waals surface area (Å²) >= 11 is 0. The van der Waals surface area contributed by atoms with Gasteiger partial charge in [-0.05, 0) is 28.8 Å². The van der Waals surface area contributed by atoms with Crippen LogP contribution in [-0.2, 0) is 0 Å². The van der Waals surface area contributed by atoms with E-state index in [1.54, 1.807) is 0 Å². The van der Waals surface area contributed by atoms with E-state index in [1.807, 2.05) is 60.7 Å². The van der Waals surface area contributed by atoms with Crippen LogP contribution in [0.1, 0.15) is 22.3 Å². The third-order valence-electron chi connectivity index (χ3n) is 7.07. The zero-order valence-electron chi connectivity index (χ0n) is 20.6. The van der Waals surface area contributed by atoms with Crippen LogP contribution in [0, 0.1) is 40.0 Å². The Morgan fingerprint density at radius 3 is 1.98 bits per heavy atom. The van der Waals surface area contributed by atoms with Gasteiger partial charge in [0.2, 0.25) is 0 Å². The number of rotatable bonds is 3. The van der Waals surface area contributed by atoms with E-state index >= 15 is 0 Å². The molecule has 0 bridgehead atoms. The summed E-state index contributed by atoms with van der Waals surface area (Å²) in [5, 5.41) is 18.7. The number of nitriles is 1. The fourth-order valence-electron chi connectivity index (χ4n) is 5.11. The Morgan fingerprint density at radius 2 is 1.32 bits per heavy atom. The Bertz CT molecular complexity index is 1900. The standard InChI is InChI=1S/C32H18F4N4/c33-26-22(15-37)27(34)29(36)24(28(26)35)17-12-10-16(11-13-17)20-14-21-25(31(39)30(20)38)19-8-4-5-9-23(19)40-32(21)18-6-2-1-3-7-18/h1-14,30,39H,38H2. The lowest BCUT2D eigenvalue weighted by Gasteiger charge is -2.27. The highest BCUT2D eigenvalue weighted by Gasteiger charge is 2.30. The predicted molar refractivity (Wildman–Crippen MR) is 146 cm³/mol. The molecule has 1 heterocycles. The highest BCUT2D eigenvalue weighted by Crippen LogP contribution is 2.39. The quantitative estimate of drug-likeness (QED) is 0.189. The number of nitrogens with two attached hydrogens (primary N) is 1. The largest absolute Gasteiger partial charge is 0.319 e. The molecular weight excluding hydrogens is 516 g/mol. The fraction of sp³-hybridized carbons (Fsp3) is 0.0312. The summed E-state index contributed by atoms with van der Waals surface area (Å²) in [6.07, 6.45) is 1.86. The van der Waals surface area contributed by atoms with Crippen molar-refractivity contribution in [2.45, 2.75) is 6.04 Å². The molecule has 6 rings (SSSR count). The van der Waals surface area contributed by atoms with E-state index in [-0.39, 0.29) is 11.3 Å². The number of aromatic nitrogens is 1. The Hall–Kier alpha value is -5.13. The summed E-state index contributed by atoms with van der Waals surface area (Å²) in [6.45, 7) is 0. The first-order chi connectivity index (χ1) is 19.3. The number of nitrogens with one attached hydrogen (secondary N) is 1. The summed E-state index contributed by atoms with van der Waals surface area (Å²) in [5.41, 5.74) is 9.13. The molecule has 0 fully saturated rings. The summed E-state index contributed by atoms with van der Waals surface area (Å²) in [7, 11) is 0. The molecule has 4 nitrogen and oxygen atoms in total. The average Bonchev–Trinajstić information content (AvgIpc) is 2.98. The Kier molecular flexibility index (Phi) is 6.01.